The molecule has 17 heavy (non-hydrogen) atoms. The van der Waals surface area contributed by atoms with E-state index >= 15 is 0 Å². The summed E-state index contributed by atoms with van der Waals surface area (Å²) in [6.45, 7) is 4.36. The first-order chi connectivity index (χ1) is 8.16. The van der Waals surface area contributed by atoms with Crippen LogP contribution in [0.15, 0.2) is 35.0 Å². The number of hydrogen-bond acceptors (Lipinski definition) is 3. The number of aliphatic hydroxyl groups is 1. The third-order valence-electron chi connectivity index (χ3n) is 2.66. The van der Waals surface area contributed by atoms with Crippen LogP contribution >= 0.6 is 11.3 Å². The summed E-state index contributed by atoms with van der Waals surface area (Å²) in [5.74, 6) is 0.876. The van der Waals surface area contributed by atoms with Gasteiger partial charge in [0.2, 0.25) is 0 Å². The van der Waals surface area contributed by atoms with E-state index in [2.05, 4.69) is 11.4 Å². The number of rotatable bonds is 4. The molecule has 0 aliphatic carbocycles. The Hall–Kier alpha value is -1.32. The van der Waals surface area contributed by atoms with E-state index in [0.717, 1.165) is 16.9 Å². The standard InChI is InChI=1S/C14H16O2S/c1-10-7-13(11(2)15)3-4-14(10)16-8-12-5-6-17-9-12/h3-7,9,11,15H,8H2,1-2H3/t11-/m1/s1. The molecule has 0 saturated heterocycles. The number of ether oxygens (including phenoxy) is 1. The Labute approximate surface area is 105 Å². The number of hydrogen-bond donors (Lipinski definition) is 1. The quantitative estimate of drug-likeness (QED) is 0.894. The van der Waals surface area contributed by atoms with Gasteiger partial charge < -0.3 is 9.84 Å². The van der Waals surface area contributed by atoms with Crippen molar-refractivity contribution in [2.75, 3.05) is 0 Å². The second kappa shape index (κ2) is 5.34. The number of thiophene rings is 1. The van der Waals surface area contributed by atoms with E-state index in [1.165, 1.54) is 5.56 Å². The van der Waals surface area contributed by atoms with Gasteiger partial charge in [0.15, 0.2) is 0 Å². The van der Waals surface area contributed by atoms with Crippen molar-refractivity contribution in [3.05, 3.63) is 51.7 Å². The van der Waals surface area contributed by atoms with Crippen LogP contribution in [0.2, 0.25) is 0 Å². The van der Waals surface area contributed by atoms with Crippen molar-refractivity contribution < 1.29 is 9.84 Å². The first kappa shape index (κ1) is 12.1. The van der Waals surface area contributed by atoms with Crippen molar-refractivity contribution in [2.45, 2.75) is 26.6 Å². The van der Waals surface area contributed by atoms with Crippen molar-refractivity contribution in [3.63, 3.8) is 0 Å². The average Bonchev–Trinajstić information content (AvgIpc) is 2.80. The molecule has 2 nitrogen and oxygen atoms in total. The Morgan fingerprint density at radius 2 is 2.18 bits per heavy atom. The van der Waals surface area contributed by atoms with Gasteiger partial charge in [0.1, 0.15) is 12.4 Å². The summed E-state index contributed by atoms with van der Waals surface area (Å²) in [5.41, 5.74) is 3.16. The topological polar surface area (TPSA) is 29.5 Å². The zero-order valence-corrected chi connectivity index (χ0v) is 10.8. The molecule has 0 radical (unpaired) electrons. The lowest BCUT2D eigenvalue weighted by Gasteiger charge is -2.11. The maximum Gasteiger partial charge on any atom is 0.122 e. The fourth-order valence-electron chi connectivity index (χ4n) is 1.63. The summed E-state index contributed by atoms with van der Waals surface area (Å²) < 4.78 is 5.74. The Morgan fingerprint density at radius 1 is 1.35 bits per heavy atom. The summed E-state index contributed by atoms with van der Waals surface area (Å²) >= 11 is 1.67. The zero-order valence-electron chi connectivity index (χ0n) is 10.0. The Bertz CT molecular complexity index is 475. The van der Waals surface area contributed by atoms with Gasteiger partial charge in [0, 0.05) is 0 Å². The second-order valence-corrected chi connectivity index (χ2v) is 4.90. The highest BCUT2D eigenvalue weighted by atomic mass is 32.1. The lowest BCUT2D eigenvalue weighted by atomic mass is 10.1. The molecule has 0 aliphatic heterocycles. The van der Waals surface area contributed by atoms with Gasteiger partial charge in [-0.15, -0.1) is 0 Å². The van der Waals surface area contributed by atoms with E-state index in [1.54, 1.807) is 18.3 Å². The van der Waals surface area contributed by atoms with Crippen LogP contribution in [-0.2, 0) is 6.61 Å². The monoisotopic (exact) mass is 248 g/mol. The third kappa shape index (κ3) is 3.08. The number of aliphatic hydroxyl groups excluding tert-OH is 1. The maximum atomic E-state index is 9.48. The maximum absolute atomic E-state index is 9.48. The zero-order chi connectivity index (χ0) is 12.3. The Morgan fingerprint density at radius 3 is 2.76 bits per heavy atom. The molecule has 2 rings (SSSR count). The predicted octanol–water partition coefficient (Wildman–Crippen LogP) is 3.69. The third-order valence-corrected chi connectivity index (χ3v) is 3.39. The number of aryl methyl sites for hydroxylation is 1. The average molecular weight is 248 g/mol. The van der Waals surface area contributed by atoms with Crippen LogP contribution in [0.3, 0.4) is 0 Å². The van der Waals surface area contributed by atoms with Crippen LogP contribution < -0.4 is 4.74 Å². The first-order valence-corrected chi connectivity index (χ1v) is 6.53. The molecule has 1 atom stereocenters. The lowest BCUT2D eigenvalue weighted by Crippen LogP contribution is -1.97. The van der Waals surface area contributed by atoms with Gasteiger partial charge in [-0.1, -0.05) is 6.07 Å². The van der Waals surface area contributed by atoms with Crippen LogP contribution in [-0.4, -0.2) is 5.11 Å². The predicted molar refractivity (Wildman–Crippen MR) is 70.5 cm³/mol. The van der Waals surface area contributed by atoms with Crippen molar-refractivity contribution in [2.24, 2.45) is 0 Å². The van der Waals surface area contributed by atoms with Crippen LogP contribution in [0.5, 0.6) is 5.75 Å². The lowest BCUT2D eigenvalue weighted by molar-refractivity contribution is 0.199. The molecular formula is C14H16O2S. The van der Waals surface area contributed by atoms with E-state index in [4.69, 9.17) is 4.74 Å². The largest absolute Gasteiger partial charge is 0.489 e. The molecule has 2 aromatic rings. The summed E-state index contributed by atoms with van der Waals surface area (Å²) in [6.07, 6.45) is -0.431. The van der Waals surface area contributed by atoms with Gasteiger partial charge >= 0.3 is 0 Å². The summed E-state index contributed by atoms with van der Waals surface area (Å²) in [5, 5.41) is 13.6. The van der Waals surface area contributed by atoms with Crippen molar-refractivity contribution >= 4 is 11.3 Å². The van der Waals surface area contributed by atoms with E-state index in [0.29, 0.717) is 6.61 Å². The van der Waals surface area contributed by atoms with Gasteiger partial charge in [0.05, 0.1) is 6.10 Å². The Balaban J connectivity index is 2.06. The molecule has 0 saturated carbocycles. The molecule has 0 fully saturated rings. The molecule has 1 aromatic carbocycles. The molecule has 0 spiro atoms. The molecule has 1 heterocycles. The highest BCUT2D eigenvalue weighted by Gasteiger charge is 2.05. The minimum absolute atomic E-state index is 0.431. The van der Waals surface area contributed by atoms with Gasteiger partial charge in [-0.05, 0) is 59.5 Å². The Kier molecular flexibility index (Phi) is 3.82. The summed E-state index contributed by atoms with van der Waals surface area (Å²) in [7, 11) is 0. The molecule has 0 unspecified atom stereocenters. The van der Waals surface area contributed by atoms with E-state index in [9.17, 15) is 5.11 Å². The molecule has 3 heteroatoms. The molecule has 1 N–H and O–H groups in total. The summed E-state index contributed by atoms with van der Waals surface area (Å²) in [6, 6.07) is 7.85. The first-order valence-electron chi connectivity index (χ1n) is 5.59. The van der Waals surface area contributed by atoms with Crippen molar-refractivity contribution in [1.82, 2.24) is 0 Å². The normalized spacial score (nSPS) is 12.4. The van der Waals surface area contributed by atoms with Crippen LogP contribution in [0.25, 0.3) is 0 Å². The summed E-state index contributed by atoms with van der Waals surface area (Å²) in [4.78, 5) is 0. The SMILES string of the molecule is Cc1cc([C@@H](C)O)ccc1OCc1ccsc1. The molecule has 0 aliphatic rings. The minimum Gasteiger partial charge on any atom is -0.489 e. The van der Waals surface area contributed by atoms with Gasteiger partial charge in [-0.3, -0.25) is 0 Å². The van der Waals surface area contributed by atoms with Gasteiger partial charge in [-0.25, -0.2) is 0 Å². The smallest absolute Gasteiger partial charge is 0.122 e. The van der Waals surface area contributed by atoms with Crippen molar-refractivity contribution in [1.29, 1.82) is 0 Å². The van der Waals surface area contributed by atoms with E-state index in [-0.39, 0.29) is 0 Å². The highest BCUT2D eigenvalue weighted by Crippen LogP contribution is 2.23. The molecule has 0 amide bonds. The van der Waals surface area contributed by atoms with Crippen molar-refractivity contribution in [3.8, 4) is 5.75 Å². The minimum atomic E-state index is -0.431. The molecule has 0 bridgehead atoms. The highest BCUT2D eigenvalue weighted by molar-refractivity contribution is 7.07. The van der Waals surface area contributed by atoms with Gasteiger partial charge in [-0.2, -0.15) is 11.3 Å². The molecule has 1 aromatic heterocycles. The van der Waals surface area contributed by atoms with Crippen LogP contribution in [0.4, 0.5) is 0 Å². The van der Waals surface area contributed by atoms with Crippen LogP contribution in [0.1, 0.15) is 29.7 Å². The van der Waals surface area contributed by atoms with E-state index < -0.39 is 6.10 Å². The van der Waals surface area contributed by atoms with Crippen LogP contribution in [0, 0.1) is 6.92 Å². The van der Waals surface area contributed by atoms with Gasteiger partial charge in [0.25, 0.3) is 0 Å². The number of benzene rings is 1. The fraction of sp³-hybridized carbons (Fsp3) is 0.286. The molecule has 90 valence electrons. The fourth-order valence-corrected chi connectivity index (χ4v) is 2.28. The van der Waals surface area contributed by atoms with E-state index in [1.807, 2.05) is 30.5 Å². The second-order valence-electron chi connectivity index (χ2n) is 4.12. The molecular weight excluding hydrogens is 232 g/mol.